The van der Waals surface area contributed by atoms with Gasteiger partial charge in [-0.15, -0.1) is 24.0 Å². The first kappa shape index (κ1) is 20.6. The van der Waals surface area contributed by atoms with Crippen molar-refractivity contribution < 1.29 is 9.53 Å². The normalized spacial score (nSPS) is 13.2. The molecule has 0 fully saturated rings. The highest BCUT2D eigenvalue weighted by atomic mass is 127. The third kappa shape index (κ3) is 12.1. The number of alkyl carbamates (subject to hydrolysis) is 1. The SMILES string of the molecule is CCCC(CNC(N)=NC)NC(=O)OC(C)(C)C.I. The molecule has 0 saturated heterocycles. The van der Waals surface area contributed by atoms with Gasteiger partial charge in [-0.05, 0) is 27.2 Å². The summed E-state index contributed by atoms with van der Waals surface area (Å²) in [4.78, 5) is 15.4. The number of carbonyl (C=O) groups is 1. The van der Waals surface area contributed by atoms with Crippen molar-refractivity contribution in [1.82, 2.24) is 10.6 Å². The monoisotopic (exact) mass is 386 g/mol. The highest BCUT2D eigenvalue weighted by molar-refractivity contribution is 14.0. The molecule has 0 aromatic heterocycles. The minimum absolute atomic E-state index is 0. The van der Waals surface area contributed by atoms with Gasteiger partial charge in [-0.1, -0.05) is 13.3 Å². The molecule has 0 bridgehead atoms. The van der Waals surface area contributed by atoms with Crippen LogP contribution >= 0.6 is 24.0 Å². The van der Waals surface area contributed by atoms with E-state index in [0.29, 0.717) is 12.5 Å². The molecule has 0 radical (unpaired) electrons. The number of hydrogen-bond donors (Lipinski definition) is 3. The van der Waals surface area contributed by atoms with Crippen molar-refractivity contribution in [3.05, 3.63) is 0 Å². The molecule has 0 heterocycles. The molecule has 0 aliphatic rings. The van der Waals surface area contributed by atoms with Gasteiger partial charge in [-0.3, -0.25) is 4.99 Å². The molecule has 7 heteroatoms. The molecule has 0 spiro atoms. The Kier molecular flexibility index (Phi) is 10.9. The Hall–Kier alpha value is -0.730. The second kappa shape index (κ2) is 10.1. The second-order valence-electron chi connectivity index (χ2n) is 5.12. The van der Waals surface area contributed by atoms with E-state index in [1.165, 1.54) is 0 Å². The van der Waals surface area contributed by atoms with E-state index in [4.69, 9.17) is 10.5 Å². The van der Waals surface area contributed by atoms with Gasteiger partial charge in [-0.25, -0.2) is 4.79 Å². The van der Waals surface area contributed by atoms with E-state index in [1.54, 1.807) is 7.05 Å². The Morgan fingerprint density at radius 1 is 1.42 bits per heavy atom. The summed E-state index contributed by atoms with van der Waals surface area (Å²) >= 11 is 0. The van der Waals surface area contributed by atoms with Crippen LogP contribution < -0.4 is 16.4 Å². The molecule has 0 rings (SSSR count). The van der Waals surface area contributed by atoms with Crippen LogP contribution in [0.15, 0.2) is 4.99 Å². The fourth-order valence-corrected chi connectivity index (χ4v) is 1.35. The Balaban J connectivity index is 0. The zero-order valence-corrected chi connectivity index (χ0v) is 14.8. The topological polar surface area (TPSA) is 88.7 Å². The summed E-state index contributed by atoms with van der Waals surface area (Å²) in [5.41, 5.74) is 5.06. The van der Waals surface area contributed by atoms with Gasteiger partial charge in [0.05, 0.1) is 0 Å². The minimum atomic E-state index is -0.488. The van der Waals surface area contributed by atoms with E-state index in [1.807, 2.05) is 20.8 Å². The van der Waals surface area contributed by atoms with Crippen LogP contribution in [0.2, 0.25) is 0 Å². The van der Waals surface area contributed by atoms with E-state index in [9.17, 15) is 4.79 Å². The summed E-state index contributed by atoms with van der Waals surface area (Å²) in [6, 6.07) is -0.0230. The number of aliphatic imine (C=N–C) groups is 1. The molecule has 6 nitrogen and oxygen atoms in total. The average molecular weight is 386 g/mol. The van der Waals surface area contributed by atoms with Crippen LogP contribution in [0.5, 0.6) is 0 Å². The van der Waals surface area contributed by atoms with Gasteiger partial charge < -0.3 is 21.1 Å². The second-order valence-corrected chi connectivity index (χ2v) is 5.12. The van der Waals surface area contributed by atoms with Crippen LogP contribution in [-0.2, 0) is 4.74 Å². The maximum Gasteiger partial charge on any atom is 0.407 e. The summed E-state index contributed by atoms with van der Waals surface area (Å²) < 4.78 is 5.21. The Bertz CT molecular complexity index is 290. The van der Waals surface area contributed by atoms with E-state index in [2.05, 4.69) is 22.5 Å². The van der Waals surface area contributed by atoms with E-state index < -0.39 is 11.7 Å². The van der Waals surface area contributed by atoms with Crippen molar-refractivity contribution in [3.63, 3.8) is 0 Å². The molecule has 1 unspecified atom stereocenters. The lowest BCUT2D eigenvalue weighted by Crippen LogP contribution is -2.46. The van der Waals surface area contributed by atoms with Gasteiger partial charge in [-0.2, -0.15) is 0 Å². The number of guanidine groups is 1. The number of halogens is 1. The summed E-state index contributed by atoms with van der Waals surface area (Å²) in [6.07, 6.45) is 1.41. The van der Waals surface area contributed by atoms with Gasteiger partial charge in [0.1, 0.15) is 5.60 Å². The number of ether oxygens (including phenoxy) is 1. The number of nitrogens with one attached hydrogen (secondary N) is 2. The average Bonchev–Trinajstić information content (AvgIpc) is 2.23. The minimum Gasteiger partial charge on any atom is -0.444 e. The maximum absolute atomic E-state index is 11.6. The first-order valence-corrected chi connectivity index (χ1v) is 6.24. The Labute approximate surface area is 133 Å². The lowest BCUT2D eigenvalue weighted by Gasteiger charge is -2.23. The molecule has 4 N–H and O–H groups in total. The van der Waals surface area contributed by atoms with Gasteiger partial charge in [0.2, 0.25) is 0 Å². The quantitative estimate of drug-likeness (QED) is 0.382. The number of nitrogens with zero attached hydrogens (tertiary/aromatic N) is 1. The van der Waals surface area contributed by atoms with Crippen LogP contribution in [0.1, 0.15) is 40.5 Å². The number of carbonyl (C=O) groups excluding carboxylic acids is 1. The van der Waals surface area contributed by atoms with Crippen molar-refractivity contribution in [2.45, 2.75) is 52.2 Å². The van der Waals surface area contributed by atoms with E-state index in [-0.39, 0.29) is 30.0 Å². The molecule has 0 aromatic rings. The molecular weight excluding hydrogens is 359 g/mol. The van der Waals surface area contributed by atoms with Gasteiger partial charge >= 0.3 is 6.09 Å². The largest absolute Gasteiger partial charge is 0.444 e. The van der Waals surface area contributed by atoms with Gasteiger partial charge in [0, 0.05) is 19.6 Å². The lowest BCUT2D eigenvalue weighted by molar-refractivity contribution is 0.0502. The number of nitrogens with two attached hydrogens (primary N) is 1. The predicted molar refractivity (Wildman–Crippen MR) is 89.0 cm³/mol. The zero-order chi connectivity index (χ0) is 14.2. The Morgan fingerprint density at radius 3 is 2.42 bits per heavy atom. The summed E-state index contributed by atoms with van der Waals surface area (Å²) in [5.74, 6) is 0.363. The van der Waals surface area contributed by atoms with E-state index in [0.717, 1.165) is 12.8 Å². The highest BCUT2D eigenvalue weighted by Gasteiger charge is 2.19. The highest BCUT2D eigenvalue weighted by Crippen LogP contribution is 2.07. The summed E-state index contributed by atoms with van der Waals surface area (Å²) in [7, 11) is 1.61. The van der Waals surface area contributed by atoms with Crippen LogP contribution in [0, 0.1) is 0 Å². The molecule has 1 amide bonds. The molecule has 114 valence electrons. The third-order valence-corrected chi connectivity index (χ3v) is 2.13. The van der Waals surface area contributed by atoms with Crippen LogP contribution in [0.4, 0.5) is 4.79 Å². The number of amides is 1. The zero-order valence-electron chi connectivity index (χ0n) is 12.4. The van der Waals surface area contributed by atoms with Crippen molar-refractivity contribution in [3.8, 4) is 0 Å². The molecule has 0 aromatic carbocycles. The first-order chi connectivity index (χ1) is 8.28. The first-order valence-electron chi connectivity index (χ1n) is 6.24. The number of rotatable bonds is 5. The molecule has 19 heavy (non-hydrogen) atoms. The van der Waals surface area contributed by atoms with Crippen LogP contribution in [0.3, 0.4) is 0 Å². The molecule has 0 saturated carbocycles. The van der Waals surface area contributed by atoms with Crippen molar-refractivity contribution in [1.29, 1.82) is 0 Å². The maximum atomic E-state index is 11.6. The fourth-order valence-electron chi connectivity index (χ4n) is 1.35. The smallest absolute Gasteiger partial charge is 0.407 e. The summed E-state index contributed by atoms with van der Waals surface area (Å²) in [6.45, 7) is 8.10. The Morgan fingerprint density at radius 2 is 2.00 bits per heavy atom. The van der Waals surface area contributed by atoms with Crippen molar-refractivity contribution in [2.24, 2.45) is 10.7 Å². The molecule has 0 aliphatic carbocycles. The third-order valence-electron chi connectivity index (χ3n) is 2.13. The van der Waals surface area contributed by atoms with Gasteiger partial charge in [0.25, 0.3) is 0 Å². The van der Waals surface area contributed by atoms with Crippen LogP contribution in [0.25, 0.3) is 0 Å². The summed E-state index contributed by atoms with van der Waals surface area (Å²) in [5, 5.41) is 5.76. The molecular formula is C12H27IN4O2. The van der Waals surface area contributed by atoms with Gasteiger partial charge in [0.15, 0.2) is 5.96 Å². The van der Waals surface area contributed by atoms with Crippen LogP contribution in [-0.4, -0.2) is 37.3 Å². The van der Waals surface area contributed by atoms with Crippen molar-refractivity contribution in [2.75, 3.05) is 13.6 Å². The predicted octanol–water partition coefficient (Wildman–Crippen LogP) is 1.83. The molecule has 1 atom stereocenters. The number of hydrogen-bond acceptors (Lipinski definition) is 3. The van der Waals surface area contributed by atoms with E-state index >= 15 is 0 Å². The lowest BCUT2D eigenvalue weighted by atomic mass is 10.1. The fraction of sp³-hybridized carbons (Fsp3) is 0.833. The molecule has 0 aliphatic heterocycles. The standard InChI is InChI=1S/C12H26N4O2.HI/c1-6-7-9(8-15-10(13)14-5)16-11(17)18-12(2,3)4;/h9H,6-8H2,1-5H3,(H,16,17)(H3,13,14,15);1H. The van der Waals surface area contributed by atoms with Crippen molar-refractivity contribution >= 4 is 36.0 Å².